The van der Waals surface area contributed by atoms with Crippen molar-refractivity contribution < 1.29 is 14.4 Å². The Bertz CT molecular complexity index is 632. The lowest BCUT2D eigenvalue weighted by molar-refractivity contribution is -0.137. The van der Waals surface area contributed by atoms with E-state index in [4.69, 9.17) is 0 Å². The Labute approximate surface area is 145 Å². The van der Waals surface area contributed by atoms with Gasteiger partial charge in [0.1, 0.15) is 6.04 Å². The summed E-state index contributed by atoms with van der Waals surface area (Å²) in [5, 5.41) is 0. The molecule has 2 N–H and O–H groups in total. The minimum absolute atomic E-state index is 0.110. The van der Waals surface area contributed by atoms with E-state index in [1.807, 2.05) is 6.07 Å². The van der Waals surface area contributed by atoms with Crippen LogP contribution in [-0.4, -0.2) is 35.2 Å². The highest BCUT2D eigenvalue weighted by Crippen LogP contribution is 2.28. The van der Waals surface area contributed by atoms with Crippen LogP contribution in [0.15, 0.2) is 6.07 Å². The zero-order valence-corrected chi connectivity index (χ0v) is 14.7. The monoisotopic (exact) mass is 349 g/mol. The van der Waals surface area contributed by atoms with Crippen LogP contribution < -0.4 is 10.9 Å². The van der Waals surface area contributed by atoms with Crippen LogP contribution in [0, 0.1) is 0 Å². The third kappa shape index (κ3) is 3.61. The van der Waals surface area contributed by atoms with Gasteiger partial charge in [-0.05, 0) is 50.2 Å². The van der Waals surface area contributed by atoms with Crippen molar-refractivity contribution in [2.75, 3.05) is 6.54 Å². The highest BCUT2D eigenvalue weighted by molar-refractivity contribution is 7.14. The molecule has 1 aliphatic heterocycles. The van der Waals surface area contributed by atoms with Gasteiger partial charge in [-0.25, -0.2) is 0 Å². The number of nitrogens with zero attached hydrogens (tertiary/aromatic N) is 1. The van der Waals surface area contributed by atoms with Gasteiger partial charge in [0.2, 0.25) is 5.91 Å². The van der Waals surface area contributed by atoms with Gasteiger partial charge in [-0.2, -0.15) is 0 Å². The zero-order chi connectivity index (χ0) is 17.1. The number of hydrogen-bond donors (Lipinski definition) is 2. The molecule has 1 saturated heterocycles. The van der Waals surface area contributed by atoms with E-state index in [2.05, 4.69) is 10.9 Å². The summed E-state index contributed by atoms with van der Waals surface area (Å²) >= 11 is 1.52. The quantitative estimate of drug-likeness (QED) is 0.631. The molecule has 130 valence electrons. The molecule has 1 aromatic rings. The molecule has 7 heteroatoms. The molecule has 1 atom stereocenters. The second-order valence-electron chi connectivity index (χ2n) is 6.43. The predicted octanol–water partition coefficient (Wildman–Crippen LogP) is 1.79. The molecule has 0 aromatic carbocycles. The second kappa shape index (κ2) is 7.34. The van der Waals surface area contributed by atoms with Crippen LogP contribution in [0.3, 0.4) is 0 Å². The van der Waals surface area contributed by atoms with Gasteiger partial charge in [-0.1, -0.05) is 6.42 Å². The minimum Gasteiger partial charge on any atom is -0.331 e. The SMILES string of the molecule is CC(=O)N1CCCC1C(=O)NNC(=O)c1cc2c(s1)CCCCC2. The molecular formula is C17H23N3O3S. The Morgan fingerprint density at radius 2 is 1.92 bits per heavy atom. The van der Waals surface area contributed by atoms with Crippen LogP contribution in [0.2, 0.25) is 0 Å². The third-order valence-corrected chi connectivity index (χ3v) is 5.97. The first-order valence-electron chi connectivity index (χ1n) is 8.55. The molecule has 0 bridgehead atoms. The number of thiophene rings is 1. The molecule has 1 aromatic heterocycles. The minimum atomic E-state index is -0.483. The van der Waals surface area contributed by atoms with Gasteiger partial charge in [0.05, 0.1) is 4.88 Å². The van der Waals surface area contributed by atoms with Crippen LogP contribution >= 0.6 is 11.3 Å². The summed E-state index contributed by atoms with van der Waals surface area (Å²) in [7, 11) is 0. The second-order valence-corrected chi connectivity index (χ2v) is 7.57. The van der Waals surface area contributed by atoms with E-state index in [0.717, 1.165) is 19.3 Å². The van der Waals surface area contributed by atoms with E-state index >= 15 is 0 Å². The highest BCUT2D eigenvalue weighted by Gasteiger charge is 2.32. The molecule has 3 rings (SSSR count). The average molecular weight is 349 g/mol. The largest absolute Gasteiger partial charge is 0.331 e. The molecule has 1 aliphatic carbocycles. The number of likely N-dealkylation sites (tertiary alicyclic amines) is 1. The van der Waals surface area contributed by atoms with E-state index in [-0.39, 0.29) is 17.7 Å². The summed E-state index contributed by atoms with van der Waals surface area (Å²) in [6, 6.07) is 1.47. The summed E-state index contributed by atoms with van der Waals surface area (Å²) in [5.41, 5.74) is 6.24. The van der Waals surface area contributed by atoms with Gasteiger partial charge in [0.15, 0.2) is 0 Å². The van der Waals surface area contributed by atoms with Crippen LogP contribution in [0.4, 0.5) is 0 Å². The number of hydrogen-bond acceptors (Lipinski definition) is 4. The molecule has 1 fully saturated rings. The lowest BCUT2D eigenvalue weighted by Gasteiger charge is -2.22. The standard InChI is InChI=1S/C17H23N3O3S/c1-11(21)20-9-5-7-13(20)16(22)18-19-17(23)15-10-12-6-3-2-4-8-14(12)24-15/h10,13H,2-9H2,1H3,(H,18,22)(H,19,23). The van der Waals surface area contributed by atoms with Crippen LogP contribution in [0.25, 0.3) is 0 Å². The Morgan fingerprint density at radius 3 is 2.71 bits per heavy atom. The Hall–Kier alpha value is -1.89. The van der Waals surface area contributed by atoms with Crippen molar-refractivity contribution in [3.8, 4) is 0 Å². The normalized spacial score (nSPS) is 20.2. The van der Waals surface area contributed by atoms with Gasteiger partial charge in [-0.15, -0.1) is 11.3 Å². The maximum absolute atomic E-state index is 12.3. The Kier molecular flexibility index (Phi) is 5.18. The lowest BCUT2D eigenvalue weighted by atomic mass is 10.1. The van der Waals surface area contributed by atoms with Gasteiger partial charge >= 0.3 is 0 Å². The predicted molar refractivity (Wildman–Crippen MR) is 91.6 cm³/mol. The topological polar surface area (TPSA) is 78.5 Å². The maximum atomic E-state index is 12.3. The number of amides is 3. The lowest BCUT2D eigenvalue weighted by Crippen LogP contribution is -2.51. The van der Waals surface area contributed by atoms with Gasteiger partial charge in [0.25, 0.3) is 11.8 Å². The number of fused-ring (bicyclic) bond motifs is 1. The van der Waals surface area contributed by atoms with Gasteiger partial charge in [-0.3, -0.25) is 25.2 Å². The fourth-order valence-corrected chi connectivity index (χ4v) is 4.61. The van der Waals surface area contributed by atoms with E-state index < -0.39 is 6.04 Å². The van der Waals surface area contributed by atoms with Gasteiger partial charge in [0, 0.05) is 18.3 Å². The van der Waals surface area contributed by atoms with E-state index in [9.17, 15) is 14.4 Å². The first-order chi connectivity index (χ1) is 11.6. The number of carbonyl (C=O) groups is 3. The summed E-state index contributed by atoms with van der Waals surface area (Å²) in [6.45, 7) is 2.06. The molecule has 0 spiro atoms. The molecular weight excluding hydrogens is 326 g/mol. The summed E-state index contributed by atoms with van der Waals surface area (Å²) in [4.78, 5) is 39.5. The van der Waals surface area contributed by atoms with Crippen molar-refractivity contribution in [1.82, 2.24) is 15.8 Å². The molecule has 2 heterocycles. The molecule has 0 radical (unpaired) electrons. The Morgan fingerprint density at radius 1 is 1.12 bits per heavy atom. The van der Waals surface area contributed by atoms with Crippen molar-refractivity contribution in [3.63, 3.8) is 0 Å². The number of nitrogens with one attached hydrogen (secondary N) is 2. The van der Waals surface area contributed by atoms with E-state index in [1.54, 1.807) is 4.90 Å². The molecule has 3 amide bonds. The molecule has 2 aliphatic rings. The van der Waals surface area contributed by atoms with Crippen LogP contribution in [0.1, 0.15) is 59.1 Å². The summed E-state index contributed by atoms with van der Waals surface area (Å²) in [5.74, 6) is -0.719. The number of aryl methyl sites for hydroxylation is 2. The third-order valence-electron chi connectivity index (χ3n) is 4.73. The smallest absolute Gasteiger partial charge is 0.279 e. The first kappa shape index (κ1) is 17.0. The molecule has 24 heavy (non-hydrogen) atoms. The van der Waals surface area contributed by atoms with Gasteiger partial charge < -0.3 is 4.90 Å². The van der Waals surface area contributed by atoms with Crippen LogP contribution in [0.5, 0.6) is 0 Å². The number of hydrazine groups is 1. The number of rotatable bonds is 2. The summed E-state index contributed by atoms with van der Waals surface area (Å²) in [6.07, 6.45) is 7.10. The molecule has 6 nitrogen and oxygen atoms in total. The number of carbonyl (C=O) groups excluding carboxylic acids is 3. The van der Waals surface area contributed by atoms with Crippen molar-refractivity contribution in [1.29, 1.82) is 0 Å². The molecule has 1 unspecified atom stereocenters. The van der Waals surface area contributed by atoms with Crippen molar-refractivity contribution in [3.05, 3.63) is 21.4 Å². The van der Waals surface area contributed by atoms with E-state index in [1.165, 1.54) is 48.0 Å². The highest BCUT2D eigenvalue weighted by atomic mass is 32.1. The fraction of sp³-hybridized carbons (Fsp3) is 0.588. The maximum Gasteiger partial charge on any atom is 0.279 e. The zero-order valence-electron chi connectivity index (χ0n) is 13.9. The average Bonchev–Trinajstić information content (AvgIpc) is 3.15. The first-order valence-corrected chi connectivity index (χ1v) is 9.37. The van der Waals surface area contributed by atoms with Crippen molar-refractivity contribution >= 4 is 29.1 Å². The molecule has 0 saturated carbocycles. The summed E-state index contributed by atoms with van der Waals surface area (Å²) < 4.78 is 0. The fourth-order valence-electron chi connectivity index (χ4n) is 3.46. The van der Waals surface area contributed by atoms with E-state index in [0.29, 0.717) is 17.8 Å². The van der Waals surface area contributed by atoms with Crippen LogP contribution in [-0.2, 0) is 22.4 Å². The van der Waals surface area contributed by atoms with Crippen molar-refractivity contribution in [2.24, 2.45) is 0 Å². The van der Waals surface area contributed by atoms with Crippen molar-refractivity contribution in [2.45, 2.75) is 57.9 Å². The Balaban J connectivity index is 1.57.